The third kappa shape index (κ3) is 3.19. The van der Waals surface area contributed by atoms with E-state index < -0.39 is 19.2 Å². The van der Waals surface area contributed by atoms with Crippen LogP contribution in [-0.4, -0.2) is 35.1 Å². The van der Waals surface area contributed by atoms with Gasteiger partial charge in [0.15, 0.2) is 6.10 Å². The molecule has 0 spiro atoms. The Balaban J connectivity index is 1.47. The number of hydrogen-bond donors (Lipinski definition) is 3. The number of hydrogen-bond acceptors (Lipinski definition) is 5. The number of rotatable bonds is 5. The normalized spacial score (nSPS) is 16.8. The zero-order valence-electron chi connectivity index (χ0n) is 14.0. The summed E-state index contributed by atoms with van der Waals surface area (Å²) in [6, 6.07) is 15.0. The van der Waals surface area contributed by atoms with Gasteiger partial charge in [0.1, 0.15) is 11.3 Å². The lowest BCUT2D eigenvalue weighted by Gasteiger charge is -2.19. The first-order chi connectivity index (χ1) is 12.6. The van der Waals surface area contributed by atoms with Gasteiger partial charge in [-0.2, -0.15) is 0 Å². The van der Waals surface area contributed by atoms with Crippen LogP contribution >= 0.6 is 0 Å². The summed E-state index contributed by atoms with van der Waals surface area (Å²) >= 11 is 0. The number of fused-ring (bicyclic) bond motifs is 2. The van der Waals surface area contributed by atoms with E-state index in [4.69, 9.17) is 9.15 Å². The molecule has 0 fully saturated rings. The van der Waals surface area contributed by atoms with Crippen LogP contribution in [0.25, 0.3) is 11.0 Å². The summed E-state index contributed by atoms with van der Waals surface area (Å²) in [7, 11) is -1.70. The van der Waals surface area contributed by atoms with Crippen molar-refractivity contribution in [2.24, 2.45) is 0 Å². The number of ether oxygens (including phenoxy) is 1. The van der Waals surface area contributed by atoms with E-state index in [2.05, 4.69) is 5.32 Å². The third-order valence-corrected chi connectivity index (χ3v) is 4.63. The smallest absolute Gasteiger partial charge is 0.475 e. The van der Waals surface area contributed by atoms with E-state index in [1.54, 1.807) is 6.26 Å². The summed E-state index contributed by atoms with van der Waals surface area (Å²) in [6.45, 7) is 0. The van der Waals surface area contributed by atoms with E-state index in [-0.39, 0.29) is 12.3 Å². The molecule has 2 atom stereocenters. The molecule has 7 heteroatoms. The highest BCUT2D eigenvalue weighted by Gasteiger charge is 2.33. The van der Waals surface area contributed by atoms with Crippen molar-refractivity contribution in [2.45, 2.75) is 24.9 Å². The third-order valence-electron chi connectivity index (χ3n) is 4.63. The number of benzene rings is 2. The molecule has 0 unspecified atom stereocenters. The van der Waals surface area contributed by atoms with Crippen molar-refractivity contribution < 1.29 is 24.0 Å². The van der Waals surface area contributed by atoms with E-state index in [1.165, 1.54) is 0 Å². The number of carbonyl (C=O) groups is 1. The van der Waals surface area contributed by atoms with Crippen LogP contribution in [0.5, 0.6) is 5.75 Å². The molecule has 4 rings (SSSR count). The molecule has 0 radical (unpaired) electrons. The lowest BCUT2D eigenvalue weighted by Crippen LogP contribution is -2.51. The summed E-state index contributed by atoms with van der Waals surface area (Å²) < 4.78 is 11.1. The van der Waals surface area contributed by atoms with Crippen LogP contribution in [0, 0.1) is 0 Å². The SMILES string of the molecule is O=C(N[C@@H](Cc1coc2ccccc12)B(O)O)[C@H]1Cc2ccccc2O1. The number of furan rings is 1. The second-order valence-electron chi connectivity index (χ2n) is 6.41. The van der Waals surface area contributed by atoms with Gasteiger partial charge < -0.3 is 24.5 Å². The Hall–Kier alpha value is -2.77. The summed E-state index contributed by atoms with van der Waals surface area (Å²) in [5, 5.41) is 23.0. The fraction of sp³-hybridized carbons (Fsp3) is 0.211. The van der Waals surface area contributed by atoms with Gasteiger partial charge in [0.2, 0.25) is 0 Å². The lowest BCUT2D eigenvalue weighted by molar-refractivity contribution is -0.127. The Bertz CT molecular complexity index is 913. The molecule has 1 amide bonds. The van der Waals surface area contributed by atoms with Crippen molar-refractivity contribution in [2.75, 3.05) is 0 Å². The van der Waals surface area contributed by atoms with Gasteiger partial charge in [-0.1, -0.05) is 36.4 Å². The number of nitrogens with one attached hydrogen (secondary N) is 1. The van der Waals surface area contributed by atoms with Crippen LogP contribution in [0.2, 0.25) is 0 Å². The van der Waals surface area contributed by atoms with Crippen molar-refractivity contribution in [3.8, 4) is 5.75 Å². The van der Waals surface area contributed by atoms with Crippen LogP contribution in [-0.2, 0) is 17.6 Å². The molecule has 3 aromatic rings. The Kier molecular flexibility index (Phi) is 4.40. The molecule has 3 N–H and O–H groups in total. The standard InChI is InChI=1S/C19H18BNO5/c22-19(17-9-12-5-1-3-7-15(12)26-17)21-18(20(23)24)10-13-11-25-16-8-4-2-6-14(13)16/h1-8,11,17-18,23-24H,9-10H2,(H,21,22)/t17-,18+/m1/s1. The van der Waals surface area contributed by atoms with Gasteiger partial charge in [0.25, 0.3) is 5.91 Å². The minimum atomic E-state index is -1.70. The Labute approximate surface area is 150 Å². The fourth-order valence-electron chi connectivity index (χ4n) is 3.26. The first-order valence-corrected chi connectivity index (χ1v) is 8.48. The molecule has 26 heavy (non-hydrogen) atoms. The average Bonchev–Trinajstić information content (AvgIpc) is 3.25. The highest BCUT2D eigenvalue weighted by molar-refractivity contribution is 6.43. The Morgan fingerprint density at radius 1 is 1.19 bits per heavy atom. The zero-order valence-corrected chi connectivity index (χ0v) is 14.0. The van der Waals surface area contributed by atoms with Crippen molar-refractivity contribution in [1.29, 1.82) is 0 Å². The van der Waals surface area contributed by atoms with E-state index in [9.17, 15) is 14.8 Å². The second kappa shape index (κ2) is 6.86. The van der Waals surface area contributed by atoms with Crippen molar-refractivity contribution in [3.05, 3.63) is 65.9 Å². The molecule has 1 aromatic heterocycles. The van der Waals surface area contributed by atoms with Gasteiger partial charge in [-0.3, -0.25) is 4.79 Å². The minimum Gasteiger partial charge on any atom is -0.480 e. The van der Waals surface area contributed by atoms with Crippen LogP contribution in [0.15, 0.2) is 59.2 Å². The molecular weight excluding hydrogens is 333 g/mol. The highest BCUT2D eigenvalue weighted by atomic mass is 16.5. The molecule has 1 aliphatic rings. The quantitative estimate of drug-likeness (QED) is 0.606. The first kappa shape index (κ1) is 16.7. The van der Waals surface area contributed by atoms with Crippen LogP contribution in [0.4, 0.5) is 0 Å². The van der Waals surface area contributed by atoms with E-state index in [0.29, 0.717) is 12.2 Å². The molecule has 0 aliphatic carbocycles. The molecule has 6 nitrogen and oxygen atoms in total. The summed E-state index contributed by atoms with van der Waals surface area (Å²) in [4.78, 5) is 12.5. The maximum Gasteiger partial charge on any atom is 0.475 e. The zero-order chi connectivity index (χ0) is 18.1. The Morgan fingerprint density at radius 3 is 2.77 bits per heavy atom. The predicted molar refractivity (Wildman–Crippen MR) is 96.6 cm³/mol. The first-order valence-electron chi connectivity index (χ1n) is 8.48. The van der Waals surface area contributed by atoms with Crippen LogP contribution < -0.4 is 10.1 Å². The lowest BCUT2D eigenvalue weighted by atomic mass is 9.75. The minimum absolute atomic E-state index is 0.236. The van der Waals surface area contributed by atoms with Gasteiger partial charge in [0, 0.05) is 11.8 Å². The number of amides is 1. The molecule has 2 aromatic carbocycles. The summed E-state index contributed by atoms with van der Waals surface area (Å²) in [5.74, 6) is -0.544. The van der Waals surface area contributed by atoms with Crippen molar-refractivity contribution in [1.82, 2.24) is 5.32 Å². The van der Waals surface area contributed by atoms with Crippen molar-refractivity contribution in [3.63, 3.8) is 0 Å². The largest absolute Gasteiger partial charge is 0.480 e. The van der Waals surface area contributed by atoms with E-state index >= 15 is 0 Å². The fourth-order valence-corrected chi connectivity index (χ4v) is 3.26. The second-order valence-corrected chi connectivity index (χ2v) is 6.41. The number of para-hydroxylation sites is 2. The maximum absolute atomic E-state index is 12.5. The van der Waals surface area contributed by atoms with Gasteiger partial charge in [-0.25, -0.2) is 0 Å². The maximum atomic E-state index is 12.5. The van der Waals surface area contributed by atoms with E-state index in [0.717, 1.165) is 22.1 Å². The van der Waals surface area contributed by atoms with Gasteiger partial charge in [-0.05, 0) is 29.7 Å². The van der Waals surface area contributed by atoms with Crippen LogP contribution in [0.3, 0.4) is 0 Å². The van der Waals surface area contributed by atoms with Crippen LogP contribution in [0.1, 0.15) is 11.1 Å². The highest BCUT2D eigenvalue weighted by Crippen LogP contribution is 2.28. The van der Waals surface area contributed by atoms with Crippen molar-refractivity contribution >= 4 is 24.0 Å². The van der Waals surface area contributed by atoms with Gasteiger partial charge in [0.05, 0.1) is 12.2 Å². The topological polar surface area (TPSA) is 91.9 Å². The molecule has 132 valence electrons. The molecule has 0 saturated heterocycles. The average molecular weight is 351 g/mol. The molecule has 2 heterocycles. The monoisotopic (exact) mass is 351 g/mol. The van der Waals surface area contributed by atoms with Gasteiger partial charge >= 0.3 is 7.12 Å². The predicted octanol–water partition coefficient (Wildman–Crippen LogP) is 1.48. The molecule has 0 bridgehead atoms. The molecule has 1 aliphatic heterocycles. The van der Waals surface area contributed by atoms with Gasteiger partial charge in [-0.15, -0.1) is 0 Å². The summed E-state index contributed by atoms with van der Waals surface area (Å²) in [6.07, 6.45) is 1.61. The molecule has 0 saturated carbocycles. The Morgan fingerprint density at radius 2 is 1.96 bits per heavy atom. The van der Waals surface area contributed by atoms with E-state index in [1.807, 2.05) is 48.5 Å². The summed E-state index contributed by atoms with van der Waals surface area (Å²) in [5.41, 5.74) is 2.48. The number of carbonyl (C=O) groups excluding carboxylic acids is 1. The molecular formula is C19H18BNO5.